The number of carbonyl (C=O) groups excluding carboxylic acids is 1. The van der Waals surface area contributed by atoms with E-state index < -0.39 is 0 Å². The van der Waals surface area contributed by atoms with Crippen LogP contribution in [0.4, 0.5) is 0 Å². The van der Waals surface area contributed by atoms with Gasteiger partial charge in [-0.15, -0.1) is 0 Å². The zero-order valence-electron chi connectivity index (χ0n) is 18.3. The number of pyridine rings is 1. The van der Waals surface area contributed by atoms with E-state index in [1.807, 2.05) is 66.1 Å². The van der Waals surface area contributed by atoms with E-state index in [1.165, 1.54) is 0 Å². The number of benzene rings is 2. The molecule has 2 heterocycles. The maximum Gasteiger partial charge on any atom is 0.254 e. The molecule has 32 heavy (non-hydrogen) atoms. The predicted molar refractivity (Wildman–Crippen MR) is 122 cm³/mol. The van der Waals surface area contributed by atoms with Crippen LogP contribution in [0, 0.1) is 6.92 Å². The second-order valence-electron chi connectivity index (χ2n) is 8.53. The summed E-state index contributed by atoms with van der Waals surface area (Å²) in [5.41, 5.74) is 3.64. The van der Waals surface area contributed by atoms with Crippen molar-refractivity contribution in [3.05, 3.63) is 82.3 Å². The molecule has 2 aromatic carbocycles. The molecule has 0 spiro atoms. The summed E-state index contributed by atoms with van der Waals surface area (Å²) < 4.78 is 13.1. The van der Waals surface area contributed by atoms with Gasteiger partial charge in [0.2, 0.25) is 0 Å². The van der Waals surface area contributed by atoms with E-state index in [2.05, 4.69) is 0 Å². The Balaban J connectivity index is 1.20. The number of likely N-dealkylation sites (tertiary alicyclic amines) is 1. The number of aromatic nitrogens is 1. The van der Waals surface area contributed by atoms with Gasteiger partial charge in [-0.2, -0.15) is 0 Å². The van der Waals surface area contributed by atoms with Crippen LogP contribution in [-0.4, -0.2) is 41.7 Å². The third-order valence-corrected chi connectivity index (χ3v) is 6.12. The number of amides is 1. The number of methoxy groups -OCH3 is 1. The third kappa shape index (κ3) is 4.00. The summed E-state index contributed by atoms with van der Waals surface area (Å²) in [5.74, 6) is 1.38. The number of ether oxygens (including phenoxy) is 2. The second-order valence-corrected chi connectivity index (χ2v) is 8.53. The number of rotatable bonds is 6. The van der Waals surface area contributed by atoms with E-state index in [4.69, 9.17) is 9.47 Å². The van der Waals surface area contributed by atoms with Gasteiger partial charge in [0.1, 0.15) is 17.6 Å². The molecule has 0 unspecified atom stereocenters. The smallest absolute Gasteiger partial charge is 0.254 e. The van der Waals surface area contributed by atoms with Gasteiger partial charge in [0, 0.05) is 23.4 Å². The van der Waals surface area contributed by atoms with Crippen LogP contribution in [-0.2, 0) is 0 Å². The molecular weight excluding hydrogens is 404 g/mol. The summed E-state index contributed by atoms with van der Waals surface area (Å²) in [6, 6.07) is 19.3. The molecule has 0 atom stereocenters. The summed E-state index contributed by atoms with van der Waals surface area (Å²) in [5, 5.41) is 0. The van der Waals surface area contributed by atoms with Crippen molar-refractivity contribution < 1.29 is 14.3 Å². The Kier molecular flexibility index (Phi) is 5.21. The lowest BCUT2D eigenvalue weighted by Crippen LogP contribution is -2.56. The number of aryl methyl sites for hydroxylation is 1. The first-order valence-corrected chi connectivity index (χ1v) is 11.0. The lowest BCUT2D eigenvalue weighted by atomic mass is 10.0. The van der Waals surface area contributed by atoms with Gasteiger partial charge in [-0.05, 0) is 61.2 Å². The number of carbonyl (C=O) groups is 1. The van der Waals surface area contributed by atoms with Gasteiger partial charge >= 0.3 is 0 Å². The summed E-state index contributed by atoms with van der Waals surface area (Å²) in [6.45, 7) is 2.97. The fourth-order valence-electron chi connectivity index (χ4n) is 4.21. The molecule has 6 heteroatoms. The van der Waals surface area contributed by atoms with E-state index in [0.29, 0.717) is 30.4 Å². The van der Waals surface area contributed by atoms with Gasteiger partial charge in [-0.1, -0.05) is 24.3 Å². The molecule has 3 aromatic rings. The minimum Gasteiger partial charge on any atom is -0.497 e. The number of nitrogens with zero attached hydrogens (tertiary/aromatic N) is 2. The minimum atomic E-state index is -0.0921. The largest absolute Gasteiger partial charge is 0.497 e. The van der Waals surface area contributed by atoms with E-state index in [9.17, 15) is 9.59 Å². The Morgan fingerprint density at radius 2 is 1.69 bits per heavy atom. The maximum absolute atomic E-state index is 12.8. The molecule has 1 aliphatic heterocycles. The molecule has 2 aliphatic rings. The van der Waals surface area contributed by atoms with Crippen LogP contribution in [0.2, 0.25) is 0 Å². The Labute approximate surface area is 187 Å². The van der Waals surface area contributed by atoms with Gasteiger partial charge in [-0.3, -0.25) is 9.59 Å². The molecular formula is C26H26N2O4. The van der Waals surface area contributed by atoms with Gasteiger partial charge < -0.3 is 18.9 Å². The first kappa shape index (κ1) is 20.4. The highest BCUT2D eigenvalue weighted by molar-refractivity contribution is 5.95. The zero-order valence-corrected chi connectivity index (χ0v) is 18.3. The van der Waals surface area contributed by atoms with Gasteiger partial charge in [0.05, 0.1) is 20.2 Å². The Bertz CT molecular complexity index is 1210. The average molecular weight is 431 g/mol. The van der Waals surface area contributed by atoms with Crippen molar-refractivity contribution in [2.45, 2.75) is 31.9 Å². The van der Waals surface area contributed by atoms with Crippen LogP contribution in [0.25, 0.3) is 11.1 Å². The van der Waals surface area contributed by atoms with Crippen molar-refractivity contribution in [3.63, 3.8) is 0 Å². The molecule has 1 saturated heterocycles. The normalized spacial score (nSPS) is 15.9. The average Bonchev–Trinajstić information content (AvgIpc) is 3.60. The van der Waals surface area contributed by atoms with Crippen LogP contribution < -0.4 is 15.0 Å². The van der Waals surface area contributed by atoms with Crippen LogP contribution in [0.15, 0.2) is 65.5 Å². The number of hydrogen-bond acceptors (Lipinski definition) is 4. The standard InChI is InChI=1S/C26H26N2O4/c1-17-12-23(14-25(29)28(17)21-10-11-21)32-24-15-27(16-24)26(30)19-8-6-18(7-9-19)20-4-3-5-22(13-20)31-2/h3-9,12-14,21,24H,10-11,15-16H2,1-2H3. The lowest BCUT2D eigenvalue weighted by molar-refractivity contribution is 0.0176. The van der Waals surface area contributed by atoms with Crippen molar-refractivity contribution in [1.29, 1.82) is 0 Å². The first-order valence-electron chi connectivity index (χ1n) is 11.0. The van der Waals surface area contributed by atoms with E-state index in [-0.39, 0.29) is 17.6 Å². The summed E-state index contributed by atoms with van der Waals surface area (Å²) in [4.78, 5) is 26.9. The second kappa shape index (κ2) is 8.19. The highest BCUT2D eigenvalue weighted by atomic mass is 16.5. The Morgan fingerprint density at radius 3 is 2.34 bits per heavy atom. The molecule has 1 amide bonds. The molecule has 6 nitrogen and oxygen atoms in total. The van der Waals surface area contributed by atoms with Crippen LogP contribution >= 0.6 is 0 Å². The third-order valence-electron chi connectivity index (χ3n) is 6.12. The summed E-state index contributed by atoms with van der Waals surface area (Å²) in [7, 11) is 1.65. The quantitative estimate of drug-likeness (QED) is 0.592. The maximum atomic E-state index is 12.8. The van der Waals surface area contributed by atoms with E-state index in [1.54, 1.807) is 18.1 Å². The highest BCUT2D eigenvalue weighted by Gasteiger charge is 2.33. The molecule has 1 saturated carbocycles. The Hall–Kier alpha value is -3.54. The Morgan fingerprint density at radius 1 is 0.938 bits per heavy atom. The summed E-state index contributed by atoms with van der Waals surface area (Å²) in [6.07, 6.45) is 2.05. The van der Waals surface area contributed by atoms with Gasteiger partial charge in [0.25, 0.3) is 11.5 Å². The molecule has 1 aromatic heterocycles. The lowest BCUT2D eigenvalue weighted by Gasteiger charge is -2.39. The highest BCUT2D eigenvalue weighted by Crippen LogP contribution is 2.35. The van der Waals surface area contributed by atoms with Gasteiger partial charge in [0.15, 0.2) is 0 Å². The molecule has 0 bridgehead atoms. The molecule has 1 aliphatic carbocycles. The fraction of sp³-hybridized carbons (Fsp3) is 0.308. The van der Waals surface area contributed by atoms with Crippen molar-refractivity contribution in [2.24, 2.45) is 0 Å². The molecule has 0 N–H and O–H groups in total. The molecule has 5 rings (SSSR count). The van der Waals surface area contributed by atoms with Crippen LogP contribution in [0.1, 0.15) is 34.9 Å². The minimum absolute atomic E-state index is 0.00844. The first-order chi connectivity index (χ1) is 15.5. The van der Waals surface area contributed by atoms with Crippen molar-refractivity contribution in [1.82, 2.24) is 9.47 Å². The number of hydrogen-bond donors (Lipinski definition) is 0. The zero-order chi connectivity index (χ0) is 22.2. The van der Waals surface area contributed by atoms with Gasteiger partial charge in [-0.25, -0.2) is 0 Å². The van der Waals surface area contributed by atoms with Crippen molar-refractivity contribution >= 4 is 5.91 Å². The van der Waals surface area contributed by atoms with E-state index in [0.717, 1.165) is 35.4 Å². The summed E-state index contributed by atoms with van der Waals surface area (Å²) >= 11 is 0. The van der Waals surface area contributed by atoms with Crippen LogP contribution in [0.3, 0.4) is 0 Å². The topological polar surface area (TPSA) is 60.8 Å². The fourth-order valence-corrected chi connectivity index (χ4v) is 4.21. The van der Waals surface area contributed by atoms with E-state index >= 15 is 0 Å². The molecule has 164 valence electrons. The molecule has 2 fully saturated rings. The van der Waals surface area contributed by atoms with Crippen molar-refractivity contribution in [3.8, 4) is 22.6 Å². The SMILES string of the molecule is COc1cccc(-c2ccc(C(=O)N3CC(Oc4cc(C)n(C5CC5)c(=O)c4)C3)cc2)c1. The van der Waals surface area contributed by atoms with Crippen LogP contribution in [0.5, 0.6) is 11.5 Å². The monoisotopic (exact) mass is 430 g/mol. The van der Waals surface area contributed by atoms with Crippen molar-refractivity contribution in [2.75, 3.05) is 20.2 Å². The predicted octanol–water partition coefficient (Wildman–Crippen LogP) is 4.07. The molecule has 0 radical (unpaired) electrons.